The summed E-state index contributed by atoms with van der Waals surface area (Å²) in [7, 11) is 0. The second-order valence-corrected chi connectivity index (χ2v) is 8.19. The molecule has 2 aromatic carbocycles. The summed E-state index contributed by atoms with van der Waals surface area (Å²) in [5, 5.41) is 8.35. The Kier molecular flexibility index (Phi) is 5.29. The van der Waals surface area contributed by atoms with Gasteiger partial charge in [-0.3, -0.25) is 14.6 Å². The average Bonchev–Trinajstić information content (AvgIpc) is 3.61. The second-order valence-electron chi connectivity index (χ2n) is 7.78. The van der Waals surface area contributed by atoms with Crippen LogP contribution in [-0.2, 0) is 4.79 Å². The van der Waals surface area contributed by atoms with Gasteiger partial charge >= 0.3 is 0 Å². The Morgan fingerprint density at radius 3 is 2.69 bits per heavy atom. The summed E-state index contributed by atoms with van der Waals surface area (Å²) in [6.45, 7) is 0. The summed E-state index contributed by atoms with van der Waals surface area (Å²) in [6, 6.07) is 18.1. The van der Waals surface area contributed by atoms with Gasteiger partial charge in [-0.15, -0.1) is 0 Å². The van der Waals surface area contributed by atoms with Crippen molar-refractivity contribution in [1.82, 2.24) is 9.97 Å². The third-order valence-corrected chi connectivity index (χ3v) is 5.94. The molecule has 1 fully saturated rings. The molecular formula is C25H19ClN4O2. The number of benzene rings is 2. The van der Waals surface area contributed by atoms with E-state index in [0.717, 1.165) is 22.0 Å². The van der Waals surface area contributed by atoms with Crippen molar-refractivity contribution in [1.29, 1.82) is 0 Å². The van der Waals surface area contributed by atoms with Crippen molar-refractivity contribution in [3.63, 3.8) is 0 Å². The first kappa shape index (κ1) is 20.2. The highest BCUT2D eigenvalue weighted by molar-refractivity contribution is 6.31. The van der Waals surface area contributed by atoms with Crippen molar-refractivity contribution >= 4 is 45.7 Å². The first-order valence-electron chi connectivity index (χ1n) is 10.2. The molecule has 2 atom stereocenters. The molecule has 4 aromatic rings. The third-order valence-electron chi connectivity index (χ3n) is 5.60. The van der Waals surface area contributed by atoms with Gasteiger partial charge in [-0.1, -0.05) is 23.7 Å². The molecule has 7 heteroatoms. The minimum Gasteiger partial charge on any atom is -0.326 e. The van der Waals surface area contributed by atoms with Gasteiger partial charge in [0.05, 0.1) is 0 Å². The highest BCUT2D eigenvalue weighted by Gasteiger charge is 2.45. The summed E-state index contributed by atoms with van der Waals surface area (Å²) in [5.74, 6) is -0.0509. The van der Waals surface area contributed by atoms with Crippen LogP contribution in [0.5, 0.6) is 0 Å². The van der Waals surface area contributed by atoms with Gasteiger partial charge in [0.1, 0.15) is 5.82 Å². The summed E-state index contributed by atoms with van der Waals surface area (Å²) in [6.07, 6.45) is 5.82. The molecule has 0 bridgehead atoms. The van der Waals surface area contributed by atoms with Gasteiger partial charge in [0.15, 0.2) is 0 Å². The lowest BCUT2D eigenvalue weighted by Gasteiger charge is -2.09. The van der Waals surface area contributed by atoms with Gasteiger partial charge in [-0.25, -0.2) is 4.98 Å². The number of fused-ring (bicyclic) bond motifs is 1. The molecule has 0 aliphatic heterocycles. The van der Waals surface area contributed by atoms with E-state index >= 15 is 0 Å². The van der Waals surface area contributed by atoms with Crippen LogP contribution in [0.1, 0.15) is 28.3 Å². The maximum atomic E-state index is 12.8. The number of carbonyl (C=O) groups excluding carboxylic acids is 2. The normalized spacial score (nSPS) is 17.0. The Labute approximate surface area is 189 Å². The fourth-order valence-electron chi connectivity index (χ4n) is 3.82. The number of pyridine rings is 2. The quantitative estimate of drug-likeness (QED) is 0.440. The van der Waals surface area contributed by atoms with Crippen molar-refractivity contribution < 1.29 is 9.59 Å². The molecule has 2 heterocycles. The number of carbonyl (C=O) groups is 2. The molecule has 0 spiro atoms. The summed E-state index contributed by atoms with van der Waals surface area (Å²) in [5.41, 5.74) is 2.03. The lowest BCUT2D eigenvalue weighted by atomic mass is 10.0. The zero-order chi connectivity index (χ0) is 22.1. The fraction of sp³-hybridized carbons (Fsp3) is 0.120. The van der Waals surface area contributed by atoms with Crippen molar-refractivity contribution in [3.05, 3.63) is 95.4 Å². The molecule has 1 aliphatic carbocycles. The molecule has 2 unspecified atom stereocenters. The van der Waals surface area contributed by atoms with Gasteiger partial charge in [-0.05, 0) is 71.8 Å². The maximum Gasteiger partial charge on any atom is 0.256 e. The van der Waals surface area contributed by atoms with E-state index in [1.165, 1.54) is 0 Å². The zero-order valence-corrected chi connectivity index (χ0v) is 17.7. The van der Waals surface area contributed by atoms with E-state index in [-0.39, 0.29) is 23.7 Å². The summed E-state index contributed by atoms with van der Waals surface area (Å²) < 4.78 is 0. The van der Waals surface area contributed by atoms with Crippen LogP contribution in [0.4, 0.5) is 11.5 Å². The molecule has 1 saturated carbocycles. The van der Waals surface area contributed by atoms with E-state index < -0.39 is 0 Å². The maximum absolute atomic E-state index is 12.8. The molecule has 6 nitrogen and oxygen atoms in total. The Hall–Kier alpha value is -3.77. The number of hydrogen-bond acceptors (Lipinski definition) is 4. The number of nitrogens with one attached hydrogen (secondary N) is 2. The van der Waals surface area contributed by atoms with Crippen LogP contribution >= 0.6 is 11.6 Å². The Balaban J connectivity index is 1.29. The number of anilines is 2. The van der Waals surface area contributed by atoms with E-state index in [4.69, 9.17) is 11.6 Å². The van der Waals surface area contributed by atoms with Crippen LogP contribution in [0, 0.1) is 5.92 Å². The van der Waals surface area contributed by atoms with E-state index in [1.54, 1.807) is 55.0 Å². The number of halogens is 1. The second kappa shape index (κ2) is 8.40. The minimum atomic E-state index is -0.270. The van der Waals surface area contributed by atoms with Crippen LogP contribution < -0.4 is 10.6 Å². The molecule has 2 amide bonds. The molecule has 2 aromatic heterocycles. The largest absolute Gasteiger partial charge is 0.326 e. The Morgan fingerprint density at radius 1 is 0.938 bits per heavy atom. The van der Waals surface area contributed by atoms with E-state index in [9.17, 15) is 9.59 Å². The van der Waals surface area contributed by atoms with Gasteiger partial charge in [-0.2, -0.15) is 0 Å². The SMILES string of the molecule is O=C(Nc1ccccn1)c1ccc(Cl)c(C2CC2C(=O)Nc2ccc3cnccc3c2)c1. The number of nitrogens with zero attached hydrogens (tertiary/aromatic N) is 2. The number of amides is 2. The highest BCUT2D eigenvalue weighted by atomic mass is 35.5. The number of hydrogen-bond donors (Lipinski definition) is 2. The van der Waals surface area contributed by atoms with Crippen molar-refractivity contribution in [3.8, 4) is 0 Å². The number of aromatic nitrogens is 2. The van der Waals surface area contributed by atoms with Crippen LogP contribution in [0.3, 0.4) is 0 Å². The first-order chi connectivity index (χ1) is 15.6. The van der Waals surface area contributed by atoms with Crippen LogP contribution in [0.2, 0.25) is 5.02 Å². The van der Waals surface area contributed by atoms with Crippen molar-refractivity contribution in [2.24, 2.45) is 5.92 Å². The zero-order valence-electron chi connectivity index (χ0n) is 17.0. The van der Waals surface area contributed by atoms with Crippen LogP contribution in [0.15, 0.2) is 79.3 Å². The molecule has 0 radical (unpaired) electrons. The van der Waals surface area contributed by atoms with E-state index in [2.05, 4.69) is 20.6 Å². The lowest BCUT2D eigenvalue weighted by molar-refractivity contribution is -0.117. The molecule has 5 rings (SSSR count). The molecule has 2 N–H and O–H groups in total. The minimum absolute atomic E-state index is 0.0187. The standard InChI is InChI=1S/C25H19ClN4O2/c26-22-7-5-16(24(31)30-23-3-1-2-9-28-23)12-20(22)19-13-21(19)25(32)29-18-6-4-17-14-27-10-8-15(17)11-18/h1-12,14,19,21H,13H2,(H,29,32)(H,28,30,31). The van der Waals surface area contributed by atoms with E-state index in [0.29, 0.717) is 22.8 Å². The first-order valence-corrected chi connectivity index (χ1v) is 10.6. The molecule has 0 saturated heterocycles. The fourth-order valence-corrected chi connectivity index (χ4v) is 4.08. The Bertz CT molecular complexity index is 1330. The van der Waals surface area contributed by atoms with Crippen molar-refractivity contribution in [2.45, 2.75) is 12.3 Å². The monoisotopic (exact) mass is 442 g/mol. The molecule has 1 aliphatic rings. The van der Waals surface area contributed by atoms with Gasteiger partial charge < -0.3 is 10.6 Å². The summed E-state index contributed by atoms with van der Waals surface area (Å²) in [4.78, 5) is 33.6. The predicted octanol–water partition coefficient (Wildman–Crippen LogP) is 5.28. The third kappa shape index (κ3) is 4.18. The van der Waals surface area contributed by atoms with Crippen LogP contribution in [-0.4, -0.2) is 21.8 Å². The van der Waals surface area contributed by atoms with Gasteiger partial charge in [0.2, 0.25) is 5.91 Å². The predicted molar refractivity (Wildman–Crippen MR) is 125 cm³/mol. The molecule has 158 valence electrons. The lowest BCUT2D eigenvalue weighted by Crippen LogP contribution is -2.15. The molecular weight excluding hydrogens is 424 g/mol. The van der Waals surface area contributed by atoms with Gasteiger partial charge in [0.25, 0.3) is 5.91 Å². The smallest absolute Gasteiger partial charge is 0.256 e. The average molecular weight is 443 g/mol. The van der Waals surface area contributed by atoms with E-state index in [1.807, 2.05) is 24.3 Å². The molecule has 32 heavy (non-hydrogen) atoms. The van der Waals surface area contributed by atoms with Crippen LogP contribution in [0.25, 0.3) is 10.8 Å². The number of rotatable bonds is 5. The summed E-state index contributed by atoms with van der Waals surface area (Å²) >= 11 is 6.41. The van der Waals surface area contributed by atoms with Gasteiger partial charge in [0, 0.05) is 46.2 Å². The Morgan fingerprint density at radius 2 is 1.84 bits per heavy atom. The van der Waals surface area contributed by atoms with Crippen molar-refractivity contribution in [2.75, 3.05) is 10.6 Å². The topological polar surface area (TPSA) is 84.0 Å². The highest BCUT2D eigenvalue weighted by Crippen LogP contribution is 2.50.